The first kappa shape index (κ1) is 13.4. The first-order chi connectivity index (χ1) is 9.70. The van der Waals surface area contributed by atoms with Crippen LogP contribution in [0.2, 0.25) is 10.0 Å². The summed E-state index contributed by atoms with van der Waals surface area (Å²) < 4.78 is 2.04. The lowest BCUT2D eigenvalue weighted by Gasteiger charge is -2.07. The van der Waals surface area contributed by atoms with E-state index in [4.69, 9.17) is 28.9 Å². The zero-order valence-electron chi connectivity index (χ0n) is 10.6. The van der Waals surface area contributed by atoms with Gasteiger partial charge in [-0.25, -0.2) is 4.98 Å². The lowest BCUT2D eigenvalue weighted by atomic mass is 10.2. The maximum Gasteiger partial charge on any atom is 0.142 e. The Labute approximate surface area is 126 Å². The van der Waals surface area contributed by atoms with E-state index in [-0.39, 0.29) is 0 Å². The maximum atomic E-state index is 6.10. The predicted molar refractivity (Wildman–Crippen MR) is 82.0 cm³/mol. The van der Waals surface area contributed by atoms with E-state index in [1.165, 1.54) is 0 Å². The summed E-state index contributed by atoms with van der Waals surface area (Å²) in [5, 5.41) is 1.00. The first-order valence-electron chi connectivity index (χ1n) is 6.16. The quantitative estimate of drug-likeness (QED) is 0.807. The number of halogens is 2. The minimum absolute atomic E-state index is 0.495. The number of pyridine rings is 1. The Kier molecular flexibility index (Phi) is 3.61. The molecule has 6 heteroatoms. The third-order valence-corrected chi connectivity index (χ3v) is 3.78. The molecule has 20 heavy (non-hydrogen) atoms. The average molecular weight is 307 g/mol. The largest absolute Gasteiger partial charge is 0.329 e. The van der Waals surface area contributed by atoms with Crippen LogP contribution in [0.3, 0.4) is 0 Å². The monoisotopic (exact) mass is 306 g/mol. The van der Waals surface area contributed by atoms with E-state index in [2.05, 4.69) is 9.97 Å². The van der Waals surface area contributed by atoms with Crippen molar-refractivity contribution in [2.24, 2.45) is 5.73 Å². The van der Waals surface area contributed by atoms with Crippen molar-refractivity contribution in [2.75, 3.05) is 6.54 Å². The van der Waals surface area contributed by atoms with Gasteiger partial charge >= 0.3 is 0 Å². The van der Waals surface area contributed by atoms with Crippen LogP contribution in [0.5, 0.6) is 0 Å². The molecular formula is C14H12Cl2N4. The predicted octanol–water partition coefficient (Wildman–Crippen LogP) is 3.36. The lowest BCUT2D eigenvalue weighted by molar-refractivity contribution is 0.735. The fourth-order valence-electron chi connectivity index (χ4n) is 2.19. The molecule has 3 aromatic rings. The van der Waals surface area contributed by atoms with Crippen molar-refractivity contribution in [3.8, 4) is 11.4 Å². The van der Waals surface area contributed by atoms with Crippen molar-refractivity contribution >= 4 is 34.2 Å². The van der Waals surface area contributed by atoms with Gasteiger partial charge in [-0.2, -0.15) is 0 Å². The van der Waals surface area contributed by atoms with E-state index in [0.29, 0.717) is 23.1 Å². The van der Waals surface area contributed by atoms with Crippen LogP contribution >= 0.6 is 23.2 Å². The lowest BCUT2D eigenvalue weighted by Crippen LogP contribution is -2.11. The normalized spacial score (nSPS) is 11.2. The number of imidazole rings is 1. The van der Waals surface area contributed by atoms with Gasteiger partial charge in [0.2, 0.25) is 0 Å². The molecule has 0 aliphatic rings. The maximum absolute atomic E-state index is 6.10. The second-order valence-electron chi connectivity index (χ2n) is 4.37. The summed E-state index contributed by atoms with van der Waals surface area (Å²) in [4.78, 5) is 8.76. The van der Waals surface area contributed by atoms with Crippen molar-refractivity contribution in [1.29, 1.82) is 0 Å². The number of nitrogens with two attached hydrogens (primary N) is 1. The molecule has 102 valence electrons. The van der Waals surface area contributed by atoms with Gasteiger partial charge in [0.15, 0.2) is 0 Å². The number of aromatic nitrogens is 3. The number of nitrogens with zero attached hydrogens (tertiary/aromatic N) is 3. The van der Waals surface area contributed by atoms with Gasteiger partial charge in [-0.15, -0.1) is 0 Å². The van der Waals surface area contributed by atoms with Crippen LogP contribution in [0, 0.1) is 0 Å². The van der Waals surface area contributed by atoms with Crippen molar-refractivity contribution in [3.05, 3.63) is 46.7 Å². The minimum atomic E-state index is 0.495. The smallest absolute Gasteiger partial charge is 0.142 e. The SMILES string of the molecule is NCCn1c(-c2cccnc2)nc2cc(Cl)c(Cl)cc21. The molecule has 2 heterocycles. The van der Waals surface area contributed by atoms with E-state index < -0.39 is 0 Å². The number of benzene rings is 1. The highest BCUT2D eigenvalue weighted by molar-refractivity contribution is 6.42. The molecular weight excluding hydrogens is 295 g/mol. The van der Waals surface area contributed by atoms with Gasteiger partial charge in [-0.1, -0.05) is 23.2 Å². The molecule has 2 aromatic heterocycles. The molecule has 0 radical (unpaired) electrons. The second kappa shape index (κ2) is 5.40. The number of hydrogen-bond acceptors (Lipinski definition) is 3. The summed E-state index contributed by atoms with van der Waals surface area (Å²) in [7, 11) is 0. The molecule has 1 aromatic carbocycles. The van der Waals surface area contributed by atoms with Crippen LogP contribution in [0.15, 0.2) is 36.7 Å². The molecule has 0 saturated carbocycles. The molecule has 0 aliphatic heterocycles. The summed E-state index contributed by atoms with van der Waals surface area (Å²) in [5.74, 6) is 0.817. The molecule has 0 amide bonds. The van der Waals surface area contributed by atoms with E-state index >= 15 is 0 Å². The molecule has 0 fully saturated rings. The van der Waals surface area contributed by atoms with Gasteiger partial charge in [0, 0.05) is 31.0 Å². The molecule has 3 rings (SSSR count). The Bertz CT molecular complexity index is 753. The molecule has 0 atom stereocenters. The Morgan fingerprint density at radius 1 is 1.20 bits per heavy atom. The molecule has 0 aliphatic carbocycles. The zero-order chi connectivity index (χ0) is 14.1. The van der Waals surface area contributed by atoms with Gasteiger partial charge in [0.1, 0.15) is 5.82 Å². The Hall–Kier alpha value is -1.62. The van der Waals surface area contributed by atoms with Gasteiger partial charge in [-0.3, -0.25) is 4.98 Å². The molecule has 0 unspecified atom stereocenters. The molecule has 4 nitrogen and oxygen atoms in total. The molecule has 0 spiro atoms. The van der Waals surface area contributed by atoms with Crippen LogP contribution in [0.25, 0.3) is 22.4 Å². The van der Waals surface area contributed by atoms with Crippen LogP contribution in [-0.4, -0.2) is 21.1 Å². The Balaban J connectivity index is 2.28. The fourth-order valence-corrected chi connectivity index (χ4v) is 2.51. The number of fused-ring (bicyclic) bond motifs is 1. The van der Waals surface area contributed by atoms with Crippen LogP contribution in [-0.2, 0) is 6.54 Å². The van der Waals surface area contributed by atoms with Gasteiger partial charge in [-0.05, 0) is 24.3 Å². The van der Waals surface area contributed by atoms with E-state index in [1.807, 2.05) is 22.8 Å². The van der Waals surface area contributed by atoms with Gasteiger partial charge in [0.05, 0.1) is 21.1 Å². The fraction of sp³-hybridized carbons (Fsp3) is 0.143. The van der Waals surface area contributed by atoms with Gasteiger partial charge < -0.3 is 10.3 Å². The van der Waals surface area contributed by atoms with Crippen LogP contribution in [0.1, 0.15) is 0 Å². The summed E-state index contributed by atoms with van der Waals surface area (Å²) in [6.07, 6.45) is 3.50. The summed E-state index contributed by atoms with van der Waals surface area (Å²) in [6.45, 7) is 1.16. The van der Waals surface area contributed by atoms with Crippen molar-refractivity contribution in [3.63, 3.8) is 0 Å². The standard InChI is InChI=1S/C14H12Cl2N4/c15-10-6-12-13(7-11(10)16)20(5-3-17)14(19-12)9-2-1-4-18-8-9/h1-2,4,6-8H,3,5,17H2. The van der Waals surface area contributed by atoms with Gasteiger partial charge in [0.25, 0.3) is 0 Å². The van der Waals surface area contributed by atoms with E-state index in [1.54, 1.807) is 18.5 Å². The first-order valence-corrected chi connectivity index (χ1v) is 6.92. The second-order valence-corrected chi connectivity index (χ2v) is 5.19. The van der Waals surface area contributed by atoms with E-state index in [0.717, 1.165) is 22.4 Å². The van der Waals surface area contributed by atoms with Crippen LogP contribution in [0.4, 0.5) is 0 Å². The van der Waals surface area contributed by atoms with Crippen molar-refractivity contribution in [1.82, 2.24) is 14.5 Å². The molecule has 0 saturated heterocycles. The minimum Gasteiger partial charge on any atom is -0.329 e. The number of rotatable bonds is 3. The summed E-state index contributed by atoms with van der Waals surface area (Å²) in [6, 6.07) is 7.43. The summed E-state index contributed by atoms with van der Waals surface area (Å²) in [5.41, 5.74) is 8.35. The third-order valence-electron chi connectivity index (χ3n) is 3.06. The highest BCUT2D eigenvalue weighted by atomic mass is 35.5. The highest BCUT2D eigenvalue weighted by Crippen LogP contribution is 2.31. The van der Waals surface area contributed by atoms with Crippen molar-refractivity contribution < 1.29 is 0 Å². The van der Waals surface area contributed by atoms with Crippen molar-refractivity contribution in [2.45, 2.75) is 6.54 Å². The Morgan fingerprint density at radius 3 is 2.70 bits per heavy atom. The third kappa shape index (κ3) is 2.26. The van der Waals surface area contributed by atoms with Crippen LogP contribution < -0.4 is 5.73 Å². The molecule has 2 N–H and O–H groups in total. The zero-order valence-corrected chi connectivity index (χ0v) is 12.1. The Morgan fingerprint density at radius 2 is 2.00 bits per heavy atom. The highest BCUT2D eigenvalue weighted by Gasteiger charge is 2.14. The van der Waals surface area contributed by atoms with E-state index in [9.17, 15) is 0 Å². The molecule has 0 bridgehead atoms. The summed E-state index contributed by atoms with van der Waals surface area (Å²) >= 11 is 12.2. The average Bonchev–Trinajstić information content (AvgIpc) is 2.79. The number of hydrogen-bond donors (Lipinski definition) is 1. The topological polar surface area (TPSA) is 56.7 Å².